The molecule has 0 radical (unpaired) electrons. The molecule has 2 N–H and O–H groups in total. The lowest BCUT2D eigenvalue weighted by molar-refractivity contribution is -0.158. The Kier molecular flexibility index (Phi) is 11.3. The predicted molar refractivity (Wildman–Crippen MR) is 87.5 cm³/mol. The zero-order valence-corrected chi connectivity index (χ0v) is 13.9. The monoisotopic (exact) mass is 310 g/mol. The summed E-state index contributed by atoms with van der Waals surface area (Å²) in [5, 5.41) is 18.2. The fourth-order valence-corrected chi connectivity index (χ4v) is 2.85. The Bertz CT molecular complexity index is 354. The molecule has 0 fully saturated rings. The van der Waals surface area contributed by atoms with E-state index in [9.17, 15) is 9.59 Å². The van der Waals surface area contributed by atoms with Gasteiger partial charge in [0.05, 0.1) is 0 Å². The Morgan fingerprint density at radius 3 is 1.77 bits per heavy atom. The lowest BCUT2D eigenvalue weighted by Crippen LogP contribution is -2.34. The average Bonchev–Trinajstić information content (AvgIpc) is 2.43. The van der Waals surface area contributed by atoms with E-state index in [0.717, 1.165) is 38.5 Å². The molecule has 126 valence electrons. The van der Waals surface area contributed by atoms with Crippen molar-refractivity contribution in [2.24, 2.45) is 17.8 Å². The van der Waals surface area contributed by atoms with E-state index in [-0.39, 0.29) is 11.8 Å². The summed E-state index contributed by atoms with van der Waals surface area (Å²) in [4.78, 5) is 22.3. The second kappa shape index (κ2) is 12.1. The highest BCUT2D eigenvalue weighted by molar-refractivity contribution is 5.93. The van der Waals surface area contributed by atoms with Crippen LogP contribution in [-0.4, -0.2) is 22.2 Å². The van der Waals surface area contributed by atoms with Gasteiger partial charge in [0.15, 0.2) is 5.92 Å². The molecule has 0 aliphatic rings. The molecule has 22 heavy (non-hydrogen) atoms. The van der Waals surface area contributed by atoms with Crippen molar-refractivity contribution in [3.63, 3.8) is 0 Å². The first-order chi connectivity index (χ1) is 10.4. The van der Waals surface area contributed by atoms with Crippen molar-refractivity contribution >= 4 is 11.9 Å². The first-order valence-corrected chi connectivity index (χ1v) is 8.30. The number of carboxylic acids is 2. The maximum Gasteiger partial charge on any atom is 0.318 e. The van der Waals surface area contributed by atoms with Gasteiger partial charge in [-0.2, -0.15) is 0 Å². The number of hydrogen-bond acceptors (Lipinski definition) is 2. The molecule has 0 rings (SSSR count). The summed E-state index contributed by atoms with van der Waals surface area (Å²) in [7, 11) is 0. The zero-order valence-electron chi connectivity index (χ0n) is 13.9. The molecule has 0 heterocycles. The summed E-state index contributed by atoms with van der Waals surface area (Å²) in [5.41, 5.74) is 0. The second-order valence-corrected chi connectivity index (χ2v) is 6.28. The maximum atomic E-state index is 11.2. The maximum absolute atomic E-state index is 11.2. The van der Waals surface area contributed by atoms with Crippen LogP contribution in [0.2, 0.25) is 0 Å². The number of aliphatic carboxylic acids is 2. The van der Waals surface area contributed by atoms with Gasteiger partial charge in [0, 0.05) is 6.42 Å². The summed E-state index contributed by atoms with van der Waals surface area (Å²) in [6.45, 7) is 3.80. The minimum atomic E-state index is -1.29. The van der Waals surface area contributed by atoms with Crippen LogP contribution in [0.4, 0.5) is 0 Å². The quantitative estimate of drug-likeness (QED) is 0.304. The molecule has 0 bridgehead atoms. The lowest BCUT2D eigenvalue weighted by atomic mass is 9.79. The molecule has 0 aromatic heterocycles. The van der Waals surface area contributed by atoms with E-state index < -0.39 is 17.9 Å². The third-order valence-corrected chi connectivity index (χ3v) is 4.18. The summed E-state index contributed by atoms with van der Waals surface area (Å²) >= 11 is 0. The van der Waals surface area contributed by atoms with Crippen LogP contribution < -0.4 is 0 Å². The van der Waals surface area contributed by atoms with Crippen LogP contribution in [0.1, 0.15) is 71.6 Å². The third-order valence-electron chi connectivity index (χ3n) is 4.18. The van der Waals surface area contributed by atoms with Gasteiger partial charge in [-0.25, -0.2) is 0 Å². The molecule has 0 aliphatic carbocycles. The number of terminal acetylenes is 1. The Hall–Kier alpha value is -1.50. The Morgan fingerprint density at radius 2 is 1.36 bits per heavy atom. The minimum Gasteiger partial charge on any atom is -0.481 e. The Labute approximate surface area is 134 Å². The minimum absolute atomic E-state index is 0.0564. The topological polar surface area (TPSA) is 74.6 Å². The number of carbonyl (C=O) groups is 2. The number of rotatable bonds is 13. The van der Waals surface area contributed by atoms with E-state index in [0.29, 0.717) is 6.42 Å². The fraction of sp³-hybridized carbons (Fsp3) is 0.778. The van der Waals surface area contributed by atoms with E-state index in [4.69, 9.17) is 16.6 Å². The molecule has 1 unspecified atom stereocenters. The van der Waals surface area contributed by atoms with Gasteiger partial charge in [-0.1, -0.05) is 52.4 Å². The molecule has 0 saturated carbocycles. The largest absolute Gasteiger partial charge is 0.481 e. The summed E-state index contributed by atoms with van der Waals surface area (Å²) in [5.74, 6) is -1.34. The van der Waals surface area contributed by atoms with Crippen molar-refractivity contribution in [2.45, 2.75) is 71.6 Å². The normalized spacial score (nSPS) is 12.3. The van der Waals surface area contributed by atoms with Gasteiger partial charge in [0.1, 0.15) is 0 Å². The van der Waals surface area contributed by atoms with Crippen LogP contribution in [0, 0.1) is 30.1 Å². The first-order valence-electron chi connectivity index (χ1n) is 8.30. The van der Waals surface area contributed by atoms with E-state index in [2.05, 4.69) is 5.92 Å². The summed E-state index contributed by atoms with van der Waals surface area (Å²) in [6, 6.07) is 0. The van der Waals surface area contributed by atoms with Gasteiger partial charge in [0.25, 0.3) is 0 Å². The standard InChI is InChI=1S/C18H30O4/c1-4-5-6-7-8-9-10-11-12-13-15(14(2)3)16(17(19)20)18(21)22/h1,14-16H,5-13H2,2-3H3,(H,19,20)(H,21,22). The van der Waals surface area contributed by atoms with Crippen LogP contribution in [0.25, 0.3) is 0 Å². The highest BCUT2D eigenvalue weighted by atomic mass is 16.4. The van der Waals surface area contributed by atoms with E-state index in [1.54, 1.807) is 0 Å². The SMILES string of the molecule is C#CCCCCCCCCCC(C(C)C)C(C(=O)O)C(=O)O. The zero-order chi connectivity index (χ0) is 17.0. The van der Waals surface area contributed by atoms with E-state index in [1.165, 1.54) is 12.8 Å². The van der Waals surface area contributed by atoms with Crippen molar-refractivity contribution in [2.75, 3.05) is 0 Å². The van der Waals surface area contributed by atoms with Gasteiger partial charge < -0.3 is 10.2 Å². The van der Waals surface area contributed by atoms with Crippen LogP contribution >= 0.6 is 0 Å². The van der Waals surface area contributed by atoms with E-state index in [1.807, 2.05) is 13.8 Å². The highest BCUT2D eigenvalue weighted by Gasteiger charge is 2.36. The van der Waals surface area contributed by atoms with Crippen molar-refractivity contribution in [1.82, 2.24) is 0 Å². The molecule has 4 nitrogen and oxygen atoms in total. The van der Waals surface area contributed by atoms with Crippen LogP contribution in [0.15, 0.2) is 0 Å². The van der Waals surface area contributed by atoms with Crippen LogP contribution in [0.3, 0.4) is 0 Å². The molecule has 0 aromatic rings. The first kappa shape index (κ1) is 20.5. The van der Waals surface area contributed by atoms with Gasteiger partial charge in [-0.05, 0) is 24.7 Å². The van der Waals surface area contributed by atoms with Gasteiger partial charge in [-0.3, -0.25) is 9.59 Å². The molecular weight excluding hydrogens is 280 g/mol. The average molecular weight is 310 g/mol. The number of hydrogen-bond donors (Lipinski definition) is 2. The molecule has 1 atom stereocenters. The molecule has 0 amide bonds. The molecule has 0 aromatic carbocycles. The molecule has 0 saturated heterocycles. The predicted octanol–water partition coefficient (Wildman–Crippen LogP) is 4.19. The van der Waals surface area contributed by atoms with Crippen LogP contribution in [-0.2, 0) is 9.59 Å². The smallest absolute Gasteiger partial charge is 0.318 e. The highest BCUT2D eigenvalue weighted by Crippen LogP contribution is 2.28. The summed E-state index contributed by atoms with van der Waals surface area (Å²) in [6.07, 6.45) is 14.4. The van der Waals surface area contributed by atoms with Gasteiger partial charge >= 0.3 is 11.9 Å². The third kappa shape index (κ3) is 8.71. The second-order valence-electron chi connectivity index (χ2n) is 6.28. The number of carboxylic acid groups (broad SMARTS) is 2. The Balaban J connectivity index is 4.00. The van der Waals surface area contributed by atoms with Crippen molar-refractivity contribution < 1.29 is 19.8 Å². The lowest BCUT2D eigenvalue weighted by Gasteiger charge is -2.24. The molecular formula is C18H30O4. The van der Waals surface area contributed by atoms with Gasteiger partial charge in [0.2, 0.25) is 0 Å². The van der Waals surface area contributed by atoms with Crippen molar-refractivity contribution in [3.8, 4) is 12.3 Å². The molecule has 0 aliphatic heterocycles. The van der Waals surface area contributed by atoms with Crippen molar-refractivity contribution in [3.05, 3.63) is 0 Å². The van der Waals surface area contributed by atoms with Gasteiger partial charge in [-0.15, -0.1) is 12.3 Å². The Morgan fingerprint density at radius 1 is 0.909 bits per heavy atom. The molecule has 0 spiro atoms. The fourth-order valence-electron chi connectivity index (χ4n) is 2.85. The van der Waals surface area contributed by atoms with Crippen LogP contribution in [0.5, 0.6) is 0 Å². The number of unbranched alkanes of at least 4 members (excludes halogenated alkanes) is 7. The van der Waals surface area contributed by atoms with E-state index >= 15 is 0 Å². The molecule has 4 heteroatoms. The summed E-state index contributed by atoms with van der Waals surface area (Å²) < 4.78 is 0. The van der Waals surface area contributed by atoms with Crippen molar-refractivity contribution in [1.29, 1.82) is 0 Å².